The third kappa shape index (κ3) is 3.64. The SMILES string of the molecule is CC1CN(C(=O)OC(C)(C)C)C1C(=O)c1ccc(Br)cc1. The van der Waals surface area contributed by atoms with Crippen LogP contribution in [0.4, 0.5) is 4.79 Å². The molecule has 114 valence electrons. The molecule has 2 atom stereocenters. The van der Waals surface area contributed by atoms with Gasteiger partial charge in [0.2, 0.25) is 0 Å². The molecule has 4 nitrogen and oxygen atoms in total. The summed E-state index contributed by atoms with van der Waals surface area (Å²) in [4.78, 5) is 26.2. The van der Waals surface area contributed by atoms with Gasteiger partial charge in [0.1, 0.15) is 11.6 Å². The van der Waals surface area contributed by atoms with E-state index < -0.39 is 17.7 Å². The fourth-order valence-corrected chi connectivity index (χ4v) is 2.65. The molecule has 1 aliphatic rings. The maximum atomic E-state index is 12.6. The number of ether oxygens (including phenoxy) is 1. The first-order valence-corrected chi connectivity index (χ1v) is 7.78. The van der Waals surface area contributed by atoms with Crippen molar-refractivity contribution in [2.75, 3.05) is 6.54 Å². The summed E-state index contributed by atoms with van der Waals surface area (Å²) in [5.41, 5.74) is 0.0597. The molecule has 1 aliphatic heterocycles. The van der Waals surface area contributed by atoms with E-state index in [2.05, 4.69) is 15.9 Å². The number of likely N-dealkylation sites (tertiary alicyclic amines) is 1. The minimum atomic E-state index is -0.554. The molecule has 1 fully saturated rings. The van der Waals surface area contributed by atoms with Gasteiger partial charge in [0.25, 0.3) is 0 Å². The zero-order valence-corrected chi connectivity index (χ0v) is 14.3. The van der Waals surface area contributed by atoms with E-state index >= 15 is 0 Å². The van der Waals surface area contributed by atoms with Crippen molar-refractivity contribution in [1.29, 1.82) is 0 Å². The lowest BCUT2D eigenvalue weighted by atomic mass is 9.85. The van der Waals surface area contributed by atoms with Crippen LogP contribution < -0.4 is 0 Å². The smallest absolute Gasteiger partial charge is 0.410 e. The van der Waals surface area contributed by atoms with Crippen LogP contribution in [0.1, 0.15) is 38.1 Å². The lowest BCUT2D eigenvalue weighted by Gasteiger charge is -2.45. The Kier molecular flexibility index (Phi) is 4.42. The molecule has 1 aromatic rings. The number of rotatable bonds is 2. The molecule has 1 saturated heterocycles. The van der Waals surface area contributed by atoms with Crippen LogP contribution in [-0.4, -0.2) is 35.0 Å². The summed E-state index contributed by atoms with van der Waals surface area (Å²) >= 11 is 3.35. The Hall–Kier alpha value is -1.36. The van der Waals surface area contributed by atoms with Crippen molar-refractivity contribution in [2.45, 2.75) is 39.3 Å². The zero-order valence-electron chi connectivity index (χ0n) is 12.7. The Bertz CT molecular complexity index is 548. The fourth-order valence-electron chi connectivity index (χ4n) is 2.39. The average Bonchev–Trinajstić information content (AvgIpc) is 2.34. The summed E-state index contributed by atoms with van der Waals surface area (Å²) < 4.78 is 6.27. The van der Waals surface area contributed by atoms with E-state index in [1.807, 2.05) is 39.8 Å². The van der Waals surface area contributed by atoms with Crippen LogP contribution in [0.5, 0.6) is 0 Å². The quantitative estimate of drug-likeness (QED) is 0.757. The van der Waals surface area contributed by atoms with Crippen molar-refractivity contribution in [3.63, 3.8) is 0 Å². The summed E-state index contributed by atoms with van der Waals surface area (Å²) in [6.07, 6.45) is -0.420. The molecular weight excluding hydrogens is 334 g/mol. The summed E-state index contributed by atoms with van der Waals surface area (Å²) in [6, 6.07) is 6.76. The molecule has 0 N–H and O–H groups in total. The van der Waals surface area contributed by atoms with Gasteiger partial charge >= 0.3 is 6.09 Å². The predicted octanol–water partition coefficient (Wildman–Crippen LogP) is 3.89. The zero-order chi connectivity index (χ0) is 15.8. The first-order chi connectivity index (χ1) is 9.69. The second kappa shape index (κ2) is 5.79. The summed E-state index contributed by atoms with van der Waals surface area (Å²) in [5, 5.41) is 0. The van der Waals surface area contributed by atoms with Gasteiger partial charge in [0.15, 0.2) is 5.78 Å². The van der Waals surface area contributed by atoms with E-state index in [1.54, 1.807) is 12.1 Å². The van der Waals surface area contributed by atoms with Gasteiger partial charge in [-0.25, -0.2) is 4.79 Å². The number of hydrogen-bond acceptors (Lipinski definition) is 3. The number of amides is 1. The van der Waals surface area contributed by atoms with Gasteiger partial charge in [0.05, 0.1) is 0 Å². The van der Waals surface area contributed by atoms with Gasteiger partial charge in [0, 0.05) is 22.5 Å². The molecular formula is C16H20BrNO3. The van der Waals surface area contributed by atoms with Gasteiger partial charge in [-0.05, 0) is 32.9 Å². The maximum Gasteiger partial charge on any atom is 0.410 e. The summed E-state index contributed by atoms with van der Waals surface area (Å²) in [6.45, 7) is 7.99. The van der Waals surface area contributed by atoms with E-state index in [1.165, 1.54) is 4.90 Å². The lowest BCUT2D eigenvalue weighted by molar-refractivity contribution is -0.0201. The third-order valence-electron chi connectivity index (χ3n) is 3.38. The summed E-state index contributed by atoms with van der Waals surface area (Å²) in [7, 11) is 0. The highest BCUT2D eigenvalue weighted by Gasteiger charge is 2.45. The number of Topliss-reactive ketones (excluding diaryl/α,β-unsaturated/α-hetero) is 1. The van der Waals surface area contributed by atoms with Gasteiger partial charge in [-0.1, -0.05) is 35.0 Å². The number of ketones is 1. The Balaban J connectivity index is 2.12. The first-order valence-electron chi connectivity index (χ1n) is 6.98. The van der Waals surface area contributed by atoms with Gasteiger partial charge < -0.3 is 4.74 Å². The van der Waals surface area contributed by atoms with Crippen molar-refractivity contribution < 1.29 is 14.3 Å². The van der Waals surface area contributed by atoms with Crippen LogP contribution in [0.15, 0.2) is 28.7 Å². The lowest BCUT2D eigenvalue weighted by Crippen LogP contribution is -2.61. The molecule has 0 bridgehead atoms. The van der Waals surface area contributed by atoms with Crippen molar-refractivity contribution in [3.05, 3.63) is 34.3 Å². The van der Waals surface area contributed by atoms with Crippen LogP contribution in [-0.2, 0) is 4.74 Å². The fraction of sp³-hybridized carbons (Fsp3) is 0.500. The van der Waals surface area contributed by atoms with Crippen LogP contribution in [0.25, 0.3) is 0 Å². The monoisotopic (exact) mass is 353 g/mol. The molecule has 2 rings (SSSR count). The largest absolute Gasteiger partial charge is 0.444 e. The average molecular weight is 354 g/mol. The van der Waals surface area contributed by atoms with Crippen molar-refractivity contribution in [2.24, 2.45) is 5.92 Å². The molecule has 0 spiro atoms. The Labute approximate surface area is 133 Å². The molecule has 1 aromatic carbocycles. The summed E-state index contributed by atoms with van der Waals surface area (Å²) in [5.74, 6) is 0.112. The van der Waals surface area contributed by atoms with Crippen molar-refractivity contribution in [3.8, 4) is 0 Å². The van der Waals surface area contributed by atoms with Crippen molar-refractivity contribution in [1.82, 2.24) is 4.90 Å². The van der Waals surface area contributed by atoms with Gasteiger partial charge in [-0.15, -0.1) is 0 Å². The highest BCUT2D eigenvalue weighted by molar-refractivity contribution is 9.10. The highest BCUT2D eigenvalue weighted by atomic mass is 79.9. The highest BCUT2D eigenvalue weighted by Crippen LogP contribution is 2.29. The van der Waals surface area contributed by atoms with Crippen LogP contribution in [0, 0.1) is 5.92 Å². The number of benzene rings is 1. The minimum Gasteiger partial charge on any atom is -0.444 e. The number of nitrogens with zero attached hydrogens (tertiary/aromatic N) is 1. The number of carbonyl (C=O) groups excluding carboxylic acids is 2. The van der Waals surface area contributed by atoms with E-state index in [-0.39, 0.29) is 11.7 Å². The Morgan fingerprint density at radius 2 is 1.81 bits per heavy atom. The molecule has 0 radical (unpaired) electrons. The Morgan fingerprint density at radius 1 is 1.24 bits per heavy atom. The third-order valence-corrected chi connectivity index (χ3v) is 3.91. The topological polar surface area (TPSA) is 46.6 Å². The van der Waals surface area contributed by atoms with E-state index in [0.29, 0.717) is 12.1 Å². The van der Waals surface area contributed by atoms with Crippen LogP contribution >= 0.6 is 15.9 Å². The second-order valence-corrected chi connectivity index (χ2v) is 7.34. The van der Waals surface area contributed by atoms with E-state index in [4.69, 9.17) is 4.74 Å². The van der Waals surface area contributed by atoms with Crippen LogP contribution in [0.2, 0.25) is 0 Å². The molecule has 2 unspecified atom stereocenters. The molecule has 0 aromatic heterocycles. The standard InChI is InChI=1S/C16H20BrNO3/c1-10-9-18(15(20)21-16(2,3)4)13(10)14(19)11-5-7-12(17)8-6-11/h5-8,10,13H,9H2,1-4H3. The number of halogens is 1. The molecule has 5 heteroatoms. The maximum absolute atomic E-state index is 12.6. The van der Waals surface area contributed by atoms with Crippen LogP contribution in [0.3, 0.4) is 0 Å². The molecule has 0 aliphatic carbocycles. The van der Waals surface area contributed by atoms with E-state index in [0.717, 1.165) is 4.47 Å². The molecule has 0 saturated carbocycles. The molecule has 21 heavy (non-hydrogen) atoms. The van der Waals surface area contributed by atoms with Gasteiger partial charge in [-0.2, -0.15) is 0 Å². The minimum absolute atomic E-state index is 0.0351. The predicted molar refractivity (Wildman–Crippen MR) is 84.4 cm³/mol. The molecule has 1 heterocycles. The number of hydrogen-bond donors (Lipinski definition) is 0. The second-order valence-electron chi connectivity index (χ2n) is 6.43. The number of carbonyl (C=O) groups is 2. The Morgan fingerprint density at radius 3 is 2.29 bits per heavy atom. The van der Waals surface area contributed by atoms with Crippen molar-refractivity contribution >= 4 is 27.8 Å². The van der Waals surface area contributed by atoms with Gasteiger partial charge in [-0.3, -0.25) is 9.69 Å². The molecule has 1 amide bonds. The first kappa shape index (κ1) is 16.0. The van der Waals surface area contributed by atoms with E-state index in [9.17, 15) is 9.59 Å². The normalized spacial score (nSPS) is 21.7.